The van der Waals surface area contributed by atoms with E-state index in [1.807, 2.05) is 0 Å². The van der Waals surface area contributed by atoms with Gasteiger partial charge in [-0.1, -0.05) is 83.2 Å². The van der Waals surface area contributed by atoms with E-state index >= 15 is 0 Å². The van der Waals surface area contributed by atoms with Gasteiger partial charge >= 0.3 is 5.97 Å². The SMILES string of the molecule is CCCCCC(CCC)C(CC(CCC)OC(C)=O)(CN1CCCC1)c1ccccc1. The van der Waals surface area contributed by atoms with Crippen LogP contribution in [-0.2, 0) is 14.9 Å². The molecule has 3 unspecified atom stereocenters. The largest absolute Gasteiger partial charge is 0.463 e. The van der Waals surface area contributed by atoms with E-state index in [-0.39, 0.29) is 17.5 Å². The Morgan fingerprint density at radius 1 is 0.968 bits per heavy atom. The van der Waals surface area contributed by atoms with Crippen LogP contribution in [0.5, 0.6) is 0 Å². The summed E-state index contributed by atoms with van der Waals surface area (Å²) in [6, 6.07) is 11.2. The van der Waals surface area contributed by atoms with Crippen molar-refractivity contribution in [1.29, 1.82) is 0 Å². The van der Waals surface area contributed by atoms with Crippen LogP contribution in [0, 0.1) is 5.92 Å². The third-order valence-corrected chi connectivity index (χ3v) is 7.16. The molecule has 2 rings (SSSR count). The first kappa shape index (κ1) is 25.9. The highest BCUT2D eigenvalue weighted by atomic mass is 16.5. The molecule has 0 saturated carbocycles. The van der Waals surface area contributed by atoms with Crippen molar-refractivity contribution < 1.29 is 9.53 Å². The van der Waals surface area contributed by atoms with Crippen molar-refractivity contribution in [2.75, 3.05) is 19.6 Å². The minimum atomic E-state index is -0.139. The summed E-state index contributed by atoms with van der Waals surface area (Å²) < 4.78 is 5.93. The van der Waals surface area contributed by atoms with E-state index in [2.05, 4.69) is 56.0 Å². The van der Waals surface area contributed by atoms with Crippen LogP contribution in [-0.4, -0.2) is 36.6 Å². The highest BCUT2D eigenvalue weighted by molar-refractivity contribution is 5.66. The highest BCUT2D eigenvalue weighted by Crippen LogP contribution is 2.44. The lowest BCUT2D eigenvalue weighted by Crippen LogP contribution is -2.48. The predicted molar refractivity (Wildman–Crippen MR) is 131 cm³/mol. The Balaban J connectivity index is 2.49. The molecule has 0 bridgehead atoms. The zero-order valence-electron chi connectivity index (χ0n) is 20.7. The average Bonchev–Trinajstić information content (AvgIpc) is 3.26. The molecule has 1 aromatic rings. The summed E-state index contributed by atoms with van der Waals surface area (Å²) in [4.78, 5) is 14.7. The molecule has 176 valence electrons. The highest BCUT2D eigenvalue weighted by Gasteiger charge is 2.43. The van der Waals surface area contributed by atoms with Crippen molar-refractivity contribution in [3.63, 3.8) is 0 Å². The first-order valence-corrected chi connectivity index (χ1v) is 13.0. The van der Waals surface area contributed by atoms with Gasteiger partial charge in [0.1, 0.15) is 6.10 Å². The van der Waals surface area contributed by atoms with Crippen LogP contribution < -0.4 is 0 Å². The van der Waals surface area contributed by atoms with Crippen molar-refractivity contribution in [3.8, 4) is 0 Å². The number of likely N-dealkylation sites (tertiary alicyclic amines) is 1. The molecule has 3 heteroatoms. The van der Waals surface area contributed by atoms with Gasteiger partial charge < -0.3 is 9.64 Å². The summed E-state index contributed by atoms with van der Waals surface area (Å²) >= 11 is 0. The van der Waals surface area contributed by atoms with Crippen LogP contribution in [0.3, 0.4) is 0 Å². The molecule has 31 heavy (non-hydrogen) atoms. The van der Waals surface area contributed by atoms with Crippen molar-refractivity contribution >= 4 is 5.97 Å². The van der Waals surface area contributed by atoms with E-state index in [1.165, 1.54) is 70.0 Å². The Kier molecular flexibility index (Phi) is 11.6. The summed E-state index contributed by atoms with van der Waals surface area (Å²) in [5, 5.41) is 0. The molecule has 3 nitrogen and oxygen atoms in total. The normalized spacial score (nSPS) is 18.5. The monoisotopic (exact) mass is 429 g/mol. The topological polar surface area (TPSA) is 29.5 Å². The van der Waals surface area contributed by atoms with Gasteiger partial charge in [0.25, 0.3) is 0 Å². The number of carbonyl (C=O) groups is 1. The molecule has 0 N–H and O–H groups in total. The number of benzene rings is 1. The zero-order valence-corrected chi connectivity index (χ0v) is 20.7. The van der Waals surface area contributed by atoms with Gasteiger partial charge in [-0.05, 0) is 63.1 Å². The first-order chi connectivity index (χ1) is 15.1. The fourth-order valence-electron chi connectivity index (χ4n) is 5.77. The minimum Gasteiger partial charge on any atom is -0.463 e. The molecule has 0 radical (unpaired) electrons. The van der Waals surface area contributed by atoms with Gasteiger partial charge in [-0.15, -0.1) is 0 Å². The number of unbranched alkanes of at least 4 members (excludes halogenated alkanes) is 2. The quantitative estimate of drug-likeness (QED) is 0.219. The van der Waals surface area contributed by atoms with Crippen LogP contribution in [0.2, 0.25) is 0 Å². The first-order valence-electron chi connectivity index (χ1n) is 13.0. The molecule has 3 atom stereocenters. The summed E-state index contributed by atoms with van der Waals surface area (Å²) in [5.74, 6) is 0.474. The molecule has 0 spiro atoms. The van der Waals surface area contributed by atoms with E-state index in [0.717, 1.165) is 25.8 Å². The molecule has 1 heterocycles. The molecular formula is C28H47NO2. The van der Waals surface area contributed by atoms with Gasteiger partial charge in [0.05, 0.1) is 0 Å². The Hall–Kier alpha value is -1.35. The second-order valence-corrected chi connectivity index (χ2v) is 9.71. The summed E-state index contributed by atoms with van der Waals surface area (Å²) in [5.41, 5.74) is 1.48. The number of carbonyl (C=O) groups excluding carboxylic acids is 1. The average molecular weight is 430 g/mol. The Morgan fingerprint density at radius 2 is 1.65 bits per heavy atom. The van der Waals surface area contributed by atoms with Crippen LogP contribution in [0.1, 0.15) is 104 Å². The van der Waals surface area contributed by atoms with Crippen molar-refractivity contribution in [3.05, 3.63) is 35.9 Å². The third kappa shape index (κ3) is 7.93. The maximum atomic E-state index is 12.0. The number of nitrogens with zero attached hydrogens (tertiary/aromatic N) is 1. The van der Waals surface area contributed by atoms with Gasteiger partial charge in [0.15, 0.2) is 0 Å². The Bertz CT molecular complexity index is 611. The van der Waals surface area contributed by atoms with Crippen molar-refractivity contribution in [1.82, 2.24) is 4.90 Å². The molecular weight excluding hydrogens is 382 g/mol. The Labute approximate surface area is 191 Å². The minimum absolute atomic E-state index is 0.00385. The fraction of sp³-hybridized carbons (Fsp3) is 0.750. The number of ether oxygens (including phenoxy) is 1. The molecule has 0 amide bonds. The lowest BCUT2D eigenvalue weighted by atomic mass is 9.63. The Morgan fingerprint density at radius 3 is 2.23 bits per heavy atom. The standard InChI is InChI=1S/C28H47NO2/c1-5-8-10-17-25(15-6-2)28(23-29-20-13-14-21-29,26-18-11-9-12-19-26)22-27(16-7-3)31-24(4)30/h9,11-12,18-19,25,27H,5-8,10,13-17,20-23H2,1-4H3. The van der Waals surface area contributed by atoms with Gasteiger partial charge in [0, 0.05) is 18.9 Å². The molecule has 0 aliphatic carbocycles. The second-order valence-electron chi connectivity index (χ2n) is 9.71. The summed E-state index contributed by atoms with van der Waals surface area (Å²) in [6.07, 6.45) is 13.1. The number of rotatable bonds is 15. The van der Waals surface area contributed by atoms with E-state index in [0.29, 0.717) is 5.92 Å². The van der Waals surface area contributed by atoms with Crippen LogP contribution >= 0.6 is 0 Å². The molecule has 1 aliphatic heterocycles. The zero-order chi connectivity index (χ0) is 22.5. The summed E-state index contributed by atoms with van der Waals surface area (Å²) in [6.45, 7) is 11.9. The molecule has 1 aliphatic rings. The molecule has 1 aromatic carbocycles. The number of hydrogen-bond acceptors (Lipinski definition) is 3. The van der Waals surface area contributed by atoms with E-state index in [1.54, 1.807) is 6.92 Å². The smallest absolute Gasteiger partial charge is 0.302 e. The lowest BCUT2D eigenvalue weighted by molar-refractivity contribution is -0.148. The van der Waals surface area contributed by atoms with E-state index in [4.69, 9.17) is 4.74 Å². The van der Waals surface area contributed by atoms with Crippen molar-refractivity contribution in [2.45, 2.75) is 110 Å². The molecule has 0 aromatic heterocycles. The van der Waals surface area contributed by atoms with Gasteiger partial charge in [0.2, 0.25) is 0 Å². The van der Waals surface area contributed by atoms with Gasteiger partial charge in [-0.3, -0.25) is 4.79 Å². The number of hydrogen-bond donors (Lipinski definition) is 0. The second kappa shape index (κ2) is 13.9. The van der Waals surface area contributed by atoms with E-state index in [9.17, 15) is 4.79 Å². The van der Waals surface area contributed by atoms with Crippen LogP contribution in [0.25, 0.3) is 0 Å². The number of esters is 1. The maximum Gasteiger partial charge on any atom is 0.302 e. The summed E-state index contributed by atoms with van der Waals surface area (Å²) in [7, 11) is 0. The maximum absolute atomic E-state index is 12.0. The molecule has 1 saturated heterocycles. The fourth-order valence-corrected chi connectivity index (χ4v) is 5.77. The van der Waals surface area contributed by atoms with E-state index < -0.39 is 0 Å². The van der Waals surface area contributed by atoms with Crippen molar-refractivity contribution in [2.24, 2.45) is 5.92 Å². The van der Waals surface area contributed by atoms with Crippen LogP contribution in [0.4, 0.5) is 0 Å². The van der Waals surface area contributed by atoms with Gasteiger partial charge in [-0.2, -0.15) is 0 Å². The van der Waals surface area contributed by atoms with Gasteiger partial charge in [-0.25, -0.2) is 0 Å². The predicted octanol–water partition coefficient (Wildman–Crippen LogP) is 7.14. The molecule has 1 fully saturated rings. The third-order valence-electron chi connectivity index (χ3n) is 7.16. The van der Waals surface area contributed by atoms with Crippen LogP contribution in [0.15, 0.2) is 30.3 Å². The lowest BCUT2D eigenvalue weighted by Gasteiger charge is -2.46.